The molecule has 0 bridgehead atoms. The number of anilines is 1. The van der Waals surface area contributed by atoms with Gasteiger partial charge in [-0.2, -0.15) is 0 Å². The largest absolute Gasteiger partial charge is 0.478 e. The number of allylic oxidation sites excluding steroid dienone is 1. The Kier molecular flexibility index (Phi) is 8.14. The third-order valence-electron chi connectivity index (χ3n) is 6.04. The number of hydrogen-bond donors (Lipinski definition) is 3. The van der Waals surface area contributed by atoms with Gasteiger partial charge in [-0.1, -0.05) is 49.4 Å². The Morgan fingerprint density at radius 1 is 0.921 bits per heavy atom. The molecule has 0 amide bonds. The minimum absolute atomic E-state index is 0.329. The summed E-state index contributed by atoms with van der Waals surface area (Å²) in [5.74, 6) is -0.188. The molecule has 4 aromatic rings. The van der Waals surface area contributed by atoms with Crippen LogP contribution in [0, 0.1) is 11.2 Å². The fraction of sp³-hybridized carbons (Fsp3) is 0.0625. The molecule has 0 radical (unpaired) electrons. The molecule has 0 heterocycles. The van der Waals surface area contributed by atoms with Gasteiger partial charge in [0.15, 0.2) is 0 Å². The number of halogens is 1. The van der Waals surface area contributed by atoms with E-state index in [-0.39, 0.29) is 5.82 Å². The van der Waals surface area contributed by atoms with Crippen LogP contribution < -0.4 is 10.5 Å². The van der Waals surface area contributed by atoms with Gasteiger partial charge < -0.3 is 21.0 Å². The van der Waals surface area contributed by atoms with Gasteiger partial charge in [0.1, 0.15) is 17.3 Å². The molecule has 38 heavy (non-hydrogen) atoms. The van der Waals surface area contributed by atoms with Gasteiger partial charge in [0.05, 0.1) is 0 Å². The first-order valence-corrected chi connectivity index (χ1v) is 12.1. The number of nitrogens with two attached hydrogens (primary N) is 1. The van der Waals surface area contributed by atoms with Crippen molar-refractivity contribution in [1.82, 2.24) is 0 Å². The lowest BCUT2D eigenvalue weighted by atomic mass is 9.87. The lowest BCUT2D eigenvalue weighted by Crippen LogP contribution is -1.99. The number of rotatable bonds is 9. The van der Waals surface area contributed by atoms with Crippen molar-refractivity contribution >= 4 is 35.1 Å². The van der Waals surface area contributed by atoms with E-state index in [1.165, 1.54) is 18.3 Å². The minimum atomic E-state index is -1.01. The summed E-state index contributed by atoms with van der Waals surface area (Å²) in [6, 6.07) is 26.8. The molecule has 4 aromatic carbocycles. The molecule has 4 rings (SSSR count). The zero-order valence-corrected chi connectivity index (χ0v) is 20.8. The van der Waals surface area contributed by atoms with Crippen LogP contribution in [0.3, 0.4) is 0 Å². The minimum Gasteiger partial charge on any atom is -0.478 e. The molecule has 0 saturated heterocycles. The van der Waals surface area contributed by atoms with Crippen molar-refractivity contribution < 1.29 is 19.0 Å². The average molecular weight is 507 g/mol. The number of nitrogen functional groups attached to an aromatic ring is 1. The monoisotopic (exact) mass is 506 g/mol. The molecule has 4 N–H and O–H groups in total. The normalized spacial score (nSPS) is 11.7. The second kappa shape index (κ2) is 11.8. The van der Waals surface area contributed by atoms with Crippen molar-refractivity contribution in [2.24, 2.45) is 0 Å². The summed E-state index contributed by atoms with van der Waals surface area (Å²) in [4.78, 5) is 10.9. The summed E-state index contributed by atoms with van der Waals surface area (Å²) >= 11 is 0. The number of hydrogen-bond acceptors (Lipinski definition) is 4. The number of carboxylic acid groups (broad SMARTS) is 1. The van der Waals surface area contributed by atoms with Crippen LogP contribution in [0.1, 0.15) is 41.2 Å². The van der Waals surface area contributed by atoms with Gasteiger partial charge in [0.25, 0.3) is 0 Å². The van der Waals surface area contributed by atoms with E-state index in [0.717, 1.165) is 39.5 Å². The third kappa shape index (κ3) is 6.23. The Bertz CT molecular complexity index is 1520. The van der Waals surface area contributed by atoms with Crippen molar-refractivity contribution in [3.05, 3.63) is 131 Å². The van der Waals surface area contributed by atoms with E-state index < -0.39 is 5.97 Å². The lowest BCUT2D eigenvalue weighted by molar-refractivity contribution is -0.131. The van der Waals surface area contributed by atoms with Gasteiger partial charge in [-0.3, -0.25) is 0 Å². The first kappa shape index (κ1) is 26.1. The summed E-state index contributed by atoms with van der Waals surface area (Å²) in [7, 11) is 0. The second-order valence-corrected chi connectivity index (χ2v) is 8.57. The summed E-state index contributed by atoms with van der Waals surface area (Å²) < 4.78 is 19.3. The molecule has 0 aliphatic rings. The van der Waals surface area contributed by atoms with Crippen LogP contribution >= 0.6 is 0 Å². The zero-order valence-electron chi connectivity index (χ0n) is 20.8. The van der Waals surface area contributed by atoms with E-state index in [4.69, 9.17) is 21.0 Å². The molecule has 0 aromatic heterocycles. The van der Waals surface area contributed by atoms with Gasteiger partial charge in [-0.15, -0.1) is 0 Å². The van der Waals surface area contributed by atoms with Gasteiger partial charge >= 0.3 is 5.97 Å². The van der Waals surface area contributed by atoms with Crippen LogP contribution in [0.25, 0.3) is 17.2 Å². The van der Waals surface area contributed by atoms with Gasteiger partial charge in [-0.05, 0) is 94.4 Å². The van der Waals surface area contributed by atoms with Crippen LogP contribution in [-0.2, 0) is 4.79 Å². The molecule has 0 aliphatic carbocycles. The van der Waals surface area contributed by atoms with Gasteiger partial charge in [-0.25, -0.2) is 9.18 Å². The summed E-state index contributed by atoms with van der Waals surface area (Å²) in [5, 5.41) is 16.7. The standard InChI is InChI=1S/C32H27FN2O3/c1-2-29(23-4-3-5-28(19-23)38-27-14-12-26(33)13-15-27)32(24-11-16-30(35)25(18-24)20-34)22-9-6-21(7-10-22)8-17-31(36)37/h3-20,34H,2,35H2,1H3,(H,36,37)/b17-8+,32-29+,34-20?. The quantitative estimate of drug-likeness (QED) is 0.0939. The molecular formula is C32H27FN2O3. The number of aliphatic carboxylic acids is 1. The van der Waals surface area contributed by atoms with Gasteiger partial charge in [0, 0.05) is 23.5 Å². The predicted molar refractivity (Wildman–Crippen MR) is 151 cm³/mol. The van der Waals surface area contributed by atoms with Crippen molar-refractivity contribution in [1.29, 1.82) is 5.41 Å². The Balaban J connectivity index is 1.85. The van der Waals surface area contributed by atoms with Crippen LogP contribution in [0.5, 0.6) is 11.5 Å². The number of benzene rings is 4. The summed E-state index contributed by atoms with van der Waals surface area (Å²) in [6.45, 7) is 2.07. The highest BCUT2D eigenvalue weighted by Gasteiger charge is 2.15. The Hall–Kier alpha value is -4.97. The topological polar surface area (TPSA) is 96.4 Å². The maximum atomic E-state index is 13.3. The Morgan fingerprint density at radius 2 is 1.63 bits per heavy atom. The fourth-order valence-electron chi connectivity index (χ4n) is 4.21. The second-order valence-electron chi connectivity index (χ2n) is 8.57. The molecular weight excluding hydrogens is 479 g/mol. The molecule has 0 saturated carbocycles. The maximum Gasteiger partial charge on any atom is 0.328 e. The molecule has 0 fully saturated rings. The fourth-order valence-corrected chi connectivity index (χ4v) is 4.21. The van der Waals surface area contributed by atoms with E-state index in [1.54, 1.807) is 24.3 Å². The molecule has 0 unspecified atom stereocenters. The van der Waals surface area contributed by atoms with E-state index in [2.05, 4.69) is 6.92 Å². The SMILES string of the molecule is CC/C(=C(/c1ccc(/C=C/C(=O)O)cc1)c1ccc(N)c(C=N)c1)c1cccc(Oc2ccc(F)cc2)c1. The first-order chi connectivity index (χ1) is 18.4. The number of nitrogens with one attached hydrogen (secondary N) is 1. The highest BCUT2D eigenvalue weighted by Crippen LogP contribution is 2.37. The highest BCUT2D eigenvalue weighted by molar-refractivity contribution is 6.00. The third-order valence-corrected chi connectivity index (χ3v) is 6.04. The zero-order chi connectivity index (χ0) is 27.1. The van der Waals surface area contributed by atoms with Crippen molar-refractivity contribution in [2.45, 2.75) is 13.3 Å². The summed E-state index contributed by atoms with van der Waals surface area (Å²) in [5.41, 5.74) is 12.8. The summed E-state index contributed by atoms with van der Waals surface area (Å²) in [6.07, 6.45) is 4.58. The van der Waals surface area contributed by atoms with Crippen LogP contribution in [-0.4, -0.2) is 17.3 Å². The highest BCUT2D eigenvalue weighted by atomic mass is 19.1. The number of ether oxygens (including phenoxy) is 1. The molecule has 0 aliphatic heterocycles. The van der Waals surface area contributed by atoms with E-state index in [9.17, 15) is 9.18 Å². The Labute approximate surface area is 220 Å². The Morgan fingerprint density at radius 3 is 2.29 bits per heavy atom. The first-order valence-electron chi connectivity index (χ1n) is 12.1. The van der Waals surface area contributed by atoms with Gasteiger partial charge in [0.2, 0.25) is 0 Å². The van der Waals surface area contributed by atoms with Crippen LogP contribution in [0.4, 0.5) is 10.1 Å². The number of carbonyl (C=O) groups is 1. The average Bonchev–Trinajstić information content (AvgIpc) is 2.93. The predicted octanol–water partition coefficient (Wildman–Crippen LogP) is 7.66. The van der Waals surface area contributed by atoms with E-state index in [1.807, 2.05) is 60.7 Å². The van der Waals surface area contributed by atoms with Crippen molar-refractivity contribution in [3.8, 4) is 11.5 Å². The number of carboxylic acids is 1. The van der Waals surface area contributed by atoms with E-state index >= 15 is 0 Å². The lowest BCUT2D eigenvalue weighted by Gasteiger charge is -2.18. The molecule has 0 atom stereocenters. The molecule has 190 valence electrons. The van der Waals surface area contributed by atoms with E-state index in [0.29, 0.717) is 29.2 Å². The van der Waals surface area contributed by atoms with Crippen LogP contribution in [0.2, 0.25) is 0 Å². The maximum absolute atomic E-state index is 13.3. The van der Waals surface area contributed by atoms with Crippen molar-refractivity contribution in [2.75, 3.05) is 5.73 Å². The molecule has 6 heteroatoms. The molecule has 0 spiro atoms. The smallest absolute Gasteiger partial charge is 0.328 e. The van der Waals surface area contributed by atoms with Crippen molar-refractivity contribution in [3.63, 3.8) is 0 Å². The van der Waals surface area contributed by atoms with Crippen LogP contribution in [0.15, 0.2) is 97.1 Å². The molecule has 5 nitrogen and oxygen atoms in total.